The summed E-state index contributed by atoms with van der Waals surface area (Å²) in [6.07, 6.45) is 2.54. The standard InChI is InChI=1S/C11H14ClFN2O/c1-2-9(5-6-12)15-11(16)10-4-3-8(13)7-14-10/h3-4,7,9H,2,5-6H2,1H3,(H,15,16). The zero-order chi connectivity index (χ0) is 12.0. The van der Waals surface area contributed by atoms with Gasteiger partial charge in [0.05, 0.1) is 6.20 Å². The molecule has 1 heterocycles. The van der Waals surface area contributed by atoms with Gasteiger partial charge in [-0.15, -0.1) is 11.6 Å². The van der Waals surface area contributed by atoms with Gasteiger partial charge in [0.25, 0.3) is 5.91 Å². The molecule has 1 aromatic rings. The van der Waals surface area contributed by atoms with E-state index in [9.17, 15) is 9.18 Å². The van der Waals surface area contributed by atoms with E-state index in [0.717, 1.165) is 12.6 Å². The number of pyridine rings is 1. The minimum atomic E-state index is -0.454. The zero-order valence-electron chi connectivity index (χ0n) is 9.04. The second-order valence-electron chi connectivity index (χ2n) is 3.42. The Labute approximate surface area is 99.0 Å². The summed E-state index contributed by atoms with van der Waals surface area (Å²) in [6, 6.07) is 2.61. The molecule has 1 unspecified atom stereocenters. The highest BCUT2D eigenvalue weighted by atomic mass is 35.5. The number of hydrogen-bond donors (Lipinski definition) is 1. The predicted molar refractivity (Wildman–Crippen MR) is 61.1 cm³/mol. The van der Waals surface area contributed by atoms with Gasteiger partial charge in [-0.25, -0.2) is 9.37 Å². The third kappa shape index (κ3) is 3.77. The van der Waals surface area contributed by atoms with Gasteiger partial charge in [0.1, 0.15) is 11.5 Å². The molecule has 1 rings (SSSR count). The summed E-state index contributed by atoms with van der Waals surface area (Å²) < 4.78 is 12.6. The van der Waals surface area contributed by atoms with E-state index in [1.54, 1.807) is 0 Å². The number of alkyl halides is 1. The molecule has 0 saturated heterocycles. The van der Waals surface area contributed by atoms with E-state index in [1.807, 2.05) is 6.92 Å². The summed E-state index contributed by atoms with van der Waals surface area (Å²) in [7, 11) is 0. The Hall–Kier alpha value is -1.16. The summed E-state index contributed by atoms with van der Waals surface area (Å²) in [5.41, 5.74) is 0.217. The van der Waals surface area contributed by atoms with E-state index in [2.05, 4.69) is 10.3 Å². The molecule has 1 atom stereocenters. The maximum absolute atomic E-state index is 12.6. The Bertz CT molecular complexity index is 342. The largest absolute Gasteiger partial charge is 0.348 e. The monoisotopic (exact) mass is 244 g/mol. The van der Waals surface area contributed by atoms with Crippen LogP contribution in [0, 0.1) is 5.82 Å². The SMILES string of the molecule is CCC(CCCl)NC(=O)c1ccc(F)cn1. The van der Waals surface area contributed by atoms with Crippen LogP contribution in [0.15, 0.2) is 18.3 Å². The number of amides is 1. The number of nitrogens with one attached hydrogen (secondary N) is 1. The van der Waals surface area contributed by atoms with Crippen LogP contribution in [0.1, 0.15) is 30.3 Å². The van der Waals surface area contributed by atoms with Crippen molar-refractivity contribution < 1.29 is 9.18 Å². The molecule has 0 radical (unpaired) electrons. The molecule has 0 fully saturated rings. The fourth-order valence-corrected chi connectivity index (χ4v) is 1.54. The molecule has 1 amide bonds. The van der Waals surface area contributed by atoms with Gasteiger partial charge >= 0.3 is 0 Å². The van der Waals surface area contributed by atoms with Gasteiger partial charge < -0.3 is 5.32 Å². The maximum atomic E-state index is 12.6. The number of halogens is 2. The highest BCUT2D eigenvalue weighted by Gasteiger charge is 2.12. The number of hydrogen-bond acceptors (Lipinski definition) is 2. The van der Waals surface area contributed by atoms with E-state index in [4.69, 9.17) is 11.6 Å². The number of rotatable bonds is 5. The normalized spacial score (nSPS) is 12.2. The van der Waals surface area contributed by atoms with E-state index < -0.39 is 5.82 Å². The molecule has 0 bridgehead atoms. The summed E-state index contributed by atoms with van der Waals surface area (Å²) in [4.78, 5) is 15.4. The molecular weight excluding hydrogens is 231 g/mol. The molecule has 88 valence electrons. The summed E-state index contributed by atoms with van der Waals surface area (Å²) in [6.45, 7) is 1.97. The molecule has 1 N–H and O–H groups in total. The average molecular weight is 245 g/mol. The van der Waals surface area contributed by atoms with Crippen LogP contribution in [0.5, 0.6) is 0 Å². The van der Waals surface area contributed by atoms with Crippen molar-refractivity contribution in [2.24, 2.45) is 0 Å². The van der Waals surface area contributed by atoms with Crippen molar-refractivity contribution in [3.05, 3.63) is 29.8 Å². The molecule has 3 nitrogen and oxygen atoms in total. The minimum absolute atomic E-state index is 0.0388. The Balaban J connectivity index is 2.60. The first-order valence-corrected chi connectivity index (χ1v) is 5.69. The Morgan fingerprint density at radius 1 is 1.62 bits per heavy atom. The maximum Gasteiger partial charge on any atom is 0.270 e. The van der Waals surface area contributed by atoms with Gasteiger partial charge in [-0.05, 0) is 25.0 Å². The van der Waals surface area contributed by atoms with E-state index in [0.29, 0.717) is 12.3 Å². The number of carbonyl (C=O) groups is 1. The lowest BCUT2D eigenvalue weighted by Gasteiger charge is -2.14. The fourth-order valence-electron chi connectivity index (χ4n) is 1.28. The van der Waals surface area contributed by atoms with Crippen molar-refractivity contribution >= 4 is 17.5 Å². The third-order valence-electron chi connectivity index (χ3n) is 2.25. The first-order valence-electron chi connectivity index (χ1n) is 5.15. The highest BCUT2D eigenvalue weighted by Crippen LogP contribution is 2.03. The molecule has 0 aliphatic heterocycles. The lowest BCUT2D eigenvalue weighted by molar-refractivity contribution is 0.0930. The summed E-state index contributed by atoms with van der Waals surface area (Å²) in [5.74, 6) is -0.253. The third-order valence-corrected chi connectivity index (χ3v) is 2.46. The van der Waals surface area contributed by atoms with Crippen LogP contribution < -0.4 is 5.32 Å². The van der Waals surface area contributed by atoms with Gasteiger partial charge in [-0.3, -0.25) is 4.79 Å². The minimum Gasteiger partial charge on any atom is -0.348 e. The molecule has 0 aromatic carbocycles. The highest BCUT2D eigenvalue weighted by molar-refractivity contribution is 6.17. The molecule has 1 aromatic heterocycles. The van der Waals surface area contributed by atoms with E-state index in [1.165, 1.54) is 12.1 Å². The Morgan fingerprint density at radius 2 is 2.38 bits per heavy atom. The van der Waals surface area contributed by atoms with Crippen LogP contribution in [-0.2, 0) is 0 Å². The van der Waals surface area contributed by atoms with Crippen molar-refractivity contribution in [3.8, 4) is 0 Å². The fraction of sp³-hybridized carbons (Fsp3) is 0.455. The average Bonchev–Trinajstić information content (AvgIpc) is 2.29. The topological polar surface area (TPSA) is 42.0 Å². The van der Waals surface area contributed by atoms with Crippen molar-refractivity contribution in [1.29, 1.82) is 0 Å². The molecule has 0 spiro atoms. The number of nitrogens with zero attached hydrogens (tertiary/aromatic N) is 1. The number of carbonyl (C=O) groups excluding carboxylic acids is 1. The summed E-state index contributed by atoms with van der Waals surface area (Å²) in [5, 5.41) is 2.80. The van der Waals surface area contributed by atoms with Crippen LogP contribution in [0.4, 0.5) is 4.39 Å². The quantitative estimate of drug-likeness (QED) is 0.808. The first kappa shape index (κ1) is 12.9. The van der Waals surface area contributed by atoms with E-state index in [-0.39, 0.29) is 17.6 Å². The predicted octanol–water partition coefficient (Wildman–Crippen LogP) is 2.36. The lowest BCUT2D eigenvalue weighted by atomic mass is 10.1. The zero-order valence-corrected chi connectivity index (χ0v) is 9.80. The molecule has 5 heteroatoms. The van der Waals surface area contributed by atoms with E-state index >= 15 is 0 Å². The van der Waals surface area contributed by atoms with Crippen LogP contribution in [-0.4, -0.2) is 22.8 Å². The number of aromatic nitrogens is 1. The molecule has 0 aliphatic carbocycles. The van der Waals surface area contributed by atoms with Crippen molar-refractivity contribution in [2.75, 3.05) is 5.88 Å². The Kier molecular flexibility index (Phi) is 5.19. The summed E-state index contributed by atoms with van der Waals surface area (Å²) >= 11 is 5.61. The van der Waals surface area contributed by atoms with Gasteiger partial charge in [0, 0.05) is 11.9 Å². The van der Waals surface area contributed by atoms with Gasteiger partial charge in [-0.2, -0.15) is 0 Å². The second-order valence-corrected chi connectivity index (χ2v) is 3.80. The molecule has 16 heavy (non-hydrogen) atoms. The van der Waals surface area contributed by atoms with Crippen LogP contribution >= 0.6 is 11.6 Å². The molecular formula is C11H14ClFN2O. The molecule has 0 aliphatic rings. The van der Waals surface area contributed by atoms with Crippen molar-refractivity contribution in [2.45, 2.75) is 25.8 Å². The van der Waals surface area contributed by atoms with Crippen LogP contribution in [0.25, 0.3) is 0 Å². The van der Waals surface area contributed by atoms with Gasteiger partial charge in [0.15, 0.2) is 0 Å². The molecule has 0 saturated carbocycles. The van der Waals surface area contributed by atoms with Crippen molar-refractivity contribution in [1.82, 2.24) is 10.3 Å². The van der Waals surface area contributed by atoms with Gasteiger partial charge in [0.2, 0.25) is 0 Å². The van der Waals surface area contributed by atoms with Crippen molar-refractivity contribution in [3.63, 3.8) is 0 Å². The second kappa shape index (κ2) is 6.43. The lowest BCUT2D eigenvalue weighted by Crippen LogP contribution is -2.35. The Morgan fingerprint density at radius 3 is 2.88 bits per heavy atom. The van der Waals surface area contributed by atoms with Crippen LogP contribution in [0.3, 0.4) is 0 Å². The van der Waals surface area contributed by atoms with Gasteiger partial charge in [-0.1, -0.05) is 6.92 Å². The van der Waals surface area contributed by atoms with Crippen LogP contribution in [0.2, 0.25) is 0 Å². The first-order chi connectivity index (χ1) is 7.67. The smallest absolute Gasteiger partial charge is 0.270 e.